The van der Waals surface area contributed by atoms with Gasteiger partial charge in [0.25, 0.3) is 0 Å². The van der Waals surface area contributed by atoms with E-state index in [0.717, 1.165) is 28.2 Å². The van der Waals surface area contributed by atoms with Gasteiger partial charge in [-0.25, -0.2) is 0 Å². The lowest BCUT2D eigenvalue weighted by Gasteiger charge is -2.28. The highest BCUT2D eigenvalue weighted by atomic mass is 15.1. The van der Waals surface area contributed by atoms with Crippen molar-refractivity contribution in [2.24, 2.45) is 0 Å². The van der Waals surface area contributed by atoms with Crippen LogP contribution in [0.5, 0.6) is 0 Å². The van der Waals surface area contributed by atoms with Gasteiger partial charge in [-0.15, -0.1) is 0 Å². The molecule has 13 aromatic rings. The molecule has 0 saturated heterocycles. The average molecular weight is 902 g/mol. The summed E-state index contributed by atoms with van der Waals surface area (Å²) >= 11 is 0. The van der Waals surface area contributed by atoms with E-state index in [4.69, 9.17) is 0 Å². The summed E-state index contributed by atoms with van der Waals surface area (Å²) in [6.45, 7) is 0. The van der Waals surface area contributed by atoms with E-state index in [1.54, 1.807) is 0 Å². The number of hydrogen-bond acceptors (Lipinski definition) is 1. The molecule has 0 aliphatic rings. The van der Waals surface area contributed by atoms with Gasteiger partial charge in [0.05, 0.1) is 0 Å². The van der Waals surface area contributed by atoms with Crippen LogP contribution in [0.1, 0.15) is 0 Å². The van der Waals surface area contributed by atoms with Gasteiger partial charge in [-0.2, -0.15) is 0 Å². The molecule has 0 heterocycles. The smallest absolute Gasteiger partial charge is 0.0473 e. The maximum Gasteiger partial charge on any atom is 0.0473 e. The molecular weight excluding hydrogens is 855 g/mol. The zero-order valence-electron chi connectivity index (χ0n) is 39.1. The first-order valence-electron chi connectivity index (χ1n) is 24.5. The molecule has 0 saturated carbocycles. The molecule has 0 radical (unpaired) electrons. The third-order valence-electron chi connectivity index (χ3n) is 14.2. The molecule has 0 aliphatic carbocycles. The van der Waals surface area contributed by atoms with Crippen molar-refractivity contribution in [2.45, 2.75) is 0 Å². The van der Waals surface area contributed by atoms with E-state index in [-0.39, 0.29) is 0 Å². The van der Waals surface area contributed by atoms with Gasteiger partial charge in [0.1, 0.15) is 0 Å². The lowest BCUT2D eigenvalue weighted by Crippen LogP contribution is -2.10. The fourth-order valence-corrected chi connectivity index (χ4v) is 10.7. The zero-order valence-corrected chi connectivity index (χ0v) is 39.1. The minimum atomic E-state index is 1.07. The molecule has 0 aliphatic heterocycles. The summed E-state index contributed by atoms with van der Waals surface area (Å²) < 4.78 is 0. The van der Waals surface area contributed by atoms with Crippen LogP contribution in [0.4, 0.5) is 17.1 Å². The van der Waals surface area contributed by atoms with Gasteiger partial charge in [-0.1, -0.05) is 218 Å². The van der Waals surface area contributed by atoms with E-state index in [9.17, 15) is 0 Å². The summed E-state index contributed by atoms with van der Waals surface area (Å²) in [6.07, 6.45) is 0. The number of nitrogens with zero attached hydrogens (tertiary/aromatic N) is 1. The topological polar surface area (TPSA) is 3.24 Å². The molecule has 0 fully saturated rings. The SMILES string of the molecule is c1ccc(-c2cccc(-c3ccc(N(c4ccc(-c5cccc(-c6ccccc6)c5)cc4)c4cc(-c5cc6ccccc6c6ccccc56)cc(-c5cc6ccccc6c6ccccc56)c4)cc3)c2)cc1. The van der Waals surface area contributed by atoms with Crippen molar-refractivity contribution in [2.75, 3.05) is 4.90 Å². The average Bonchev–Trinajstić information content (AvgIpc) is 3.45. The van der Waals surface area contributed by atoms with Crippen LogP contribution >= 0.6 is 0 Å². The number of benzene rings is 13. The maximum atomic E-state index is 2.44. The van der Waals surface area contributed by atoms with Crippen molar-refractivity contribution in [3.63, 3.8) is 0 Å². The molecular formula is C70H47N. The third-order valence-corrected chi connectivity index (χ3v) is 14.2. The first kappa shape index (κ1) is 41.9. The monoisotopic (exact) mass is 901 g/mol. The molecule has 332 valence electrons. The fourth-order valence-electron chi connectivity index (χ4n) is 10.7. The van der Waals surface area contributed by atoms with E-state index < -0.39 is 0 Å². The van der Waals surface area contributed by atoms with Gasteiger partial charge >= 0.3 is 0 Å². The number of anilines is 3. The van der Waals surface area contributed by atoms with E-state index in [0.29, 0.717) is 0 Å². The second-order valence-corrected chi connectivity index (χ2v) is 18.5. The Balaban J connectivity index is 1.02. The van der Waals surface area contributed by atoms with E-state index >= 15 is 0 Å². The van der Waals surface area contributed by atoms with Crippen molar-refractivity contribution < 1.29 is 0 Å². The summed E-state index contributed by atoms with van der Waals surface area (Å²) in [7, 11) is 0. The minimum absolute atomic E-state index is 1.07. The Kier molecular flexibility index (Phi) is 10.6. The van der Waals surface area contributed by atoms with Gasteiger partial charge in [0.15, 0.2) is 0 Å². The third kappa shape index (κ3) is 7.90. The predicted octanol–water partition coefficient (Wildman–Crippen LogP) is 19.8. The molecule has 0 aromatic heterocycles. The Morgan fingerprint density at radius 1 is 0.169 bits per heavy atom. The Bertz CT molecular complexity index is 3810. The molecule has 0 unspecified atom stereocenters. The predicted molar refractivity (Wildman–Crippen MR) is 304 cm³/mol. The fraction of sp³-hybridized carbons (Fsp3) is 0. The molecule has 0 atom stereocenters. The normalized spacial score (nSPS) is 11.4. The van der Waals surface area contributed by atoms with Crippen LogP contribution in [0.25, 0.3) is 110 Å². The summed E-state index contributed by atoms with van der Waals surface area (Å²) in [4.78, 5) is 2.44. The van der Waals surface area contributed by atoms with Gasteiger partial charge in [-0.05, 0) is 177 Å². The first-order chi connectivity index (χ1) is 35.2. The molecule has 13 aromatic carbocycles. The Morgan fingerprint density at radius 3 is 0.887 bits per heavy atom. The van der Waals surface area contributed by atoms with Crippen LogP contribution in [0.3, 0.4) is 0 Å². The zero-order chi connectivity index (χ0) is 47.1. The Hall–Kier alpha value is -9.30. The van der Waals surface area contributed by atoms with Crippen LogP contribution in [0.2, 0.25) is 0 Å². The van der Waals surface area contributed by atoms with Crippen molar-refractivity contribution >= 4 is 60.2 Å². The molecule has 13 rings (SSSR count). The molecule has 1 heteroatoms. The summed E-state index contributed by atoms with van der Waals surface area (Å²) in [5.74, 6) is 0. The van der Waals surface area contributed by atoms with Crippen LogP contribution in [-0.4, -0.2) is 0 Å². The van der Waals surface area contributed by atoms with E-state index in [2.05, 4.69) is 290 Å². The highest BCUT2D eigenvalue weighted by Crippen LogP contribution is 2.45. The lowest BCUT2D eigenvalue weighted by molar-refractivity contribution is 1.28. The van der Waals surface area contributed by atoms with Crippen LogP contribution in [-0.2, 0) is 0 Å². The summed E-state index contributed by atoms with van der Waals surface area (Å²) in [6, 6.07) is 105. The largest absolute Gasteiger partial charge is 0.310 e. The number of fused-ring (bicyclic) bond motifs is 6. The molecule has 1 nitrogen and oxygen atoms in total. The maximum absolute atomic E-state index is 2.44. The number of rotatable bonds is 9. The summed E-state index contributed by atoms with van der Waals surface area (Å²) in [5, 5.41) is 9.92. The van der Waals surface area contributed by atoms with Gasteiger partial charge in [0.2, 0.25) is 0 Å². The Labute approximate surface area is 414 Å². The van der Waals surface area contributed by atoms with Crippen molar-refractivity contribution in [3.8, 4) is 66.8 Å². The summed E-state index contributed by atoms with van der Waals surface area (Å²) in [5.41, 5.74) is 17.5. The highest BCUT2D eigenvalue weighted by molar-refractivity contribution is 6.16. The van der Waals surface area contributed by atoms with Crippen molar-refractivity contribution in [1.82, 2.24) is 0 Å². The molecule has 0 spiro atoms. The second kappa shape index (κ2) is 18.0. The van der Waals surface area contributed by atoms with Gasteiger partial charge in [0, 0.05) is 17.1 Å². The van der Waals surface area contributed by atoms with E-state index in [1.807, 2.05) is 0 Å². The van der Waals surface area contributed by atoms with Crippen molar-refractivity contribution in [1.29, 1.82) is 0 Å². The molecule has 0 amide bonds. The second-order valence-electron chi connectivity index (χ2n) is 18.5. The van der Waals surface area contributed by atoms with Crippen LogP contribution in [0.15, 0.2) is 285 Å². The molecule has 0 bridgehead atoms. The standard InChI is InChI=1S/C70H47N/c1-3-17-48(18-4-1)52-23-15-25-54(41-52)50-33-37-60(38-34-50)71(61-39-35-51(36-40-61)55-26-16-24-53(42-55)49-19-5-2-6-20-49)62-44-58(69-46-56-21-7-9-27-63(56)65-29-11-13-31-67(65)69)43-59(45-62)70-47-57-22-8-10-28-64(57)66-30-12-14-32-68(66)70/h1-47H. The van der Waals surface area contributed by atoms with E-state index in [1.165, 1.54) is 98.7 Å². The number of hydrogen-bond donors (Lipinski definition) is 0. The van der Waals surface area contributed by atoms with Crippen LogP contribution < -0.4 is 4.90 Å². The quantitative estimate of drug-likeness (QED) is 0.131. The minimum Gasteiger partial charge on any atom is -0.310 e. The lowest BCUT2D eigenvalue weighted by atomic mass is 9.89. The van der Waals surface area contributed by atoms with Crippen LogP contribution in [0, 0.1) is 0 Å². The highest BCUT2D eigenvalue weighted by Gasteiger charge is 2.20. The van der Waals surface area contributed by atoms with Gasteiger partial charge in [-0.3, -0.25) is 0 Å². The Morgan fingerprint density at radius 2 is 0.479 bits per heavy atom. The van der Waals surface area contributed by atoms with Gasteiger partial charge < -0.3 is 4.90 Å². The molecule has 0 N–H and O–H groups in total. The first-order valence-corrected chi connectivity index (χ1v) is 24.5. The van der Waals surface area contributed by atoms with Crippen molar-refractivity contribution in [3.05, 3.63) is 285 Å². The molecule has 71 heavy (non-hydrogen) atoms.